The van der Waals surface area contributed by atoms with Crippen LogP contribution in [-0.4, -0.2) is 12.6 Å². The van der Waals surface area contributed by atoms with Gasteiger partial charge in [0.25, 0.3) is 0 Å². The lowest BCUT2D eigenvalue weighted by atomic mass is 10.0. The molecule has 0 aliphatic heterocycles. The number of hydrogen-bond donors (Lipinski definition) is 0. The van der Waals surface area contributed by atoms with Gasteiger partial charge in [-0.3, -0.25) is 4.79 Å². The maximum Gasteiger partial charge on any atom is 0.336 e. The van der Waals surface area contributed by atoms with Crippen molar-refractivity contribution >= 4 is 28.5 Å². The van der Waals surface area contributed by atoms with Crippen LogP contribution in [0.1, 0.15) is 30.0 Å². The molecule has 0 amide bonds. The van der Waals surface area contributed by atoms with Crippen molar-refractivity contribution in [2.45, 2.75) is 33.3 Å². The van der Waals surface area contributed by atoms with Gasteiger partial charge >= 0.3 is 11.6 Å². The quantitative estimate of drug-likeness (QED) is 0.400. The van der Waals surface area contributed by atoms with Crippen LogP contribution < -0.4 is 10.4 Å². The Morgan fingerprint density at radius 2 is 2.03 bits per heavy atom. The third-order valence-corrected chi connectivity index (χ3v) is 4.82. The summed E-state index contributed by atoms with van der Waals surface area (Å²) in [6.07, 6.45) is 0.514. The lowest BCUT2D eigenvalue weighted by Gasteiger charge is -2.14. The van der Waals surface area contributed by atoms with Crippen LogP contribution in [0.2, 0.25) is 5.02 Å². The fourth-order valence-electron chi connectivity index (χ4n) is 3.01. The van der Waals surface area contributed by atoms with Crippen molar-refractivity contribution < 1.29 is 23.1 Å². The molecule has 29 heavy (non-hydrogen) atoms. The summed E-state index contributed by atoms with van der Waals surface area (Å²) in [6.45, 7) is 3.73. The van der Waals surface area contributed by atoms with Gasteiger partial charge in [0.15, 0.2) is 0 Å². The van der Waals surface area contributed by atoms with E-state index in [9.17, 15) is 14.0 Å². The second-order valence-corrected chi connectivity index (χ2v) is 6.91. The molecule has 0 saturated heterocycles. The highest BCUT2D eigenvalue weighted by Crippen LogP contribution is 2.30. The lowest BCUT2D eigenvalue weighted by Crippen LogP contribution is -2.07. The summed E-state index contributed by atoms with van der Waals surface area (Å²) >= 11 is 6.07. The Morgan fingerprint density at radius 1 is 1.24 bits per heavy atom. The van der Waals surface area contributed by atoms with E-state index in [1.54, 1.807) is 26.0 Å². The molecule has 1 aromatic heterocycles. The van der Waals surface area contributed by atoms with Crippen LogP contribution in [0, 0.1) is 12.7 Å². The van der Waals surface area contributed by atoms with Crippen molar-refractivity contribution in [3.8, 4) is 5.75 Å². The molecule has 0 radical (unpaired) electrons. The molecule has 3 rings (SSSR count). The highest BCUT2D eigenvalue weighted by molar-refractivity contribution is 6.31. The summed E-state index contributed by atoms with van der Waals surface area (Å²) in [5.74, 6) is -0.421. The first-order chi connectivity index (χ1) is 13.9. The topological polar surface area (TPSA) is 65.7 Å². The third kappa shape index (κ3) is 4.95. The number of halogens is 2. The molecule has 7 heteroatoms. The number of benzene rings is 2. The first kappa shape index (κ1) is 20.9. The van der Waals surface area contributed by atoms with Crippen molar-refractivity contribution in [1.29, 1.82) is 0 Å². The average Bonchev–Trinajstić information content (AvgIpc) is 2.66. The minimum absolute atomic E-state index is 0.112. The van der Waals surface area contributed by atoms with Crippen molar-refractivity contribution in [3.05, 3.63) is 74.3 Å². The second-order valence-electron chi connectivity index (χ2n) is 6.50. The number of carbonyl (C=O) groups excluding carboxylic acids is 1. The minimum Gasteiger partial charge on any atom is -0.488 e. The normalized spacial score (nSPS) is 10.9. The van der Waals surface area contributed by atoms with Gasteiger partial charge in [-0.15, -0.1) is 0 Å². The van der Waals surface area contributed by atoms with E-state index in [2.05, 4.69) is 0 Å². The first-order valence-corrected chi connectivity index (χ1v) is 9.55. The van der Waals surface area contributed by atoms with E-state index in [4.69, 9.17) is 25.5 Å². The zero-order valence-electron chi connectivity index (χ0n) is 16.1. The van der Waals surface area contributed by atoms with Gasteiger partial charge in [0.1, 0.15) is 23.8 Å². The molecule has 5 nitrogen and oxygen atoms in total. The van der Waals surface area contributed by atoms with Gasteiger partial charge in [0.2, 0.25) is 0 Å². The minimum atomic E-state index is -0.478. The van der Waals surface area contributed by atoms with E-state index in [0.29, 0.717) is 24.4 Å². The molecule has 0 atom stereocenters. The van der Waals surface area contributed by atoms with E-state index >= 15 is 0 Å². The summed E-state index contributed by atoms with van der Waals surface area (Å²) in [7, 11) is 0. The van der Waals surface area contributed by atoms with E-state index in [-0.39, 0.29) is 29.6 Å². The molecule has 2 aromatic carbocycles. The molecule has 0 unspecified atom stereocenters. The van der Waals surface area contributed by atoms with Gasteiger partial charge in [-0.1, -0.05) is 17.7 Å². The van der Waals surface area contributed by atoms with Gasteiger partial charge in [-0.25, -0.2) is 9.18 Å². The fraction of sp³-hybridized carbons (Fsp3) is 0.273. The lowest BCUT2D eigenvalue weighted by molar-refractivity contribution is -0.143. The number of ether oxygens (including phenoxy) is 2. The average molecular weight is 419 g/mol. The third-order valence-electron chi connectivity index (χ3n) is 4.47. The molecule has 152 valence electrons. The molecule has 0 aliphatic rings. The SMILES string of the molecule is CCOC(=O)CCc1cc2c(C)cc(=O)oc2cc1OCc1c(F)cccc1Cl. The molecular weight excluding hydrogens is 399 g/mol. The molecule has 0 saturated carbocycles. The Labute approximate surface area is 172 Å². The van der Waals surface area contributed by atoms with Gasteiger partial charge < -0.3 is 13.9 Å². The Kier molecular flexibility index (Phi) is 6.54. The molecule has 0 fully saturated rings. The predicted molar refractivity (Wildman–Crippen MR) is 108 cm³/mol. The molecule has 0 bridgehead atoms. The Hall–Kier alpha value is -2.86. The van der Waals surface area contributed by atoms with E-state index in [1.165, 1.54) is 18.2 Å². The van der Waals surface area contributed by atoms with Crippen molar-refractivity contribution in [1.82, 2.24) is 0 Å². The van der Waals surface area contributed by atoms with Gasteiger partial charge in [-0.05, 0) is 49.6 Å². The molecule has 0 aliphatic carbocycles. The Balaban J connectivity index is 1.96. The van der Waals surface area contributed by atoms with Crippen molar-refractivity contribution in [2.75, 3.05) is 6.61 Å². The molecule has 3 aromatic rings. The summed E-state index contributed by atoms with van der Waals surface area (Å²) in [6, 6.07) is 9.18. The molecule has 0 spiro atoms. The summed E-state index contributed by atoms with van der Waals surface area (Å²) in [5.41, 5.74) is 1.56. The van der Waals surface area contributed by atoms with Gasteiger partial charge in [0, 0.05) is 29.5 Å². The van der Waals surface area contributed by atoms with Crippen LogP contribution in [0.5, 0.6) is 5.75 Å². The number of carbonyl (C=O) groups is 1. The van der Waals surface area contributed by atoms with Crippen LogP contribution in [0.25, 0.3) is 11.0 Å². The highest BCUT2D eigenvalue weighted by atomic mass is 35.5. The number of hydrogen-bond acceptors (Lipinski definition) is 5. The van der Waals surface area contributed by atoms with Crippen LogP contribution >= 0.6 is 11.6 Å². The first-order valence-electron chi connectivity index (χ1n) is 9.17. The van der Waals surface area contributed by atoms with Crippen LogP contribution in [0.15, 0.2) is 45.6 Å². The summed E-state index contributed by atoms with van der Waals surface area (Å²) in [5, 5.41) is 0.987. The zero-order chi connectivity index (χ0) is 21.0. The highest BCUT2D eigenvalue weighted by Gasteiger charge is 2.15. The smallest absolute Gasteiger partial charge is 0.336 e. The molecule has 1 heterocycles. The maximum atomic E-state index is 14.1. The number of aryl methyl sites for hydroxylation is 2. The summed E-state index contributed by atoms with van der Waals surface area (Å²) in [4.78, 5) is 23.5. The monoisotopic (exact) mass is 418 g/mol. The van der Waals surface area contributed by atoms with Crippen molar-refractivity contribution in [3.63, 3.8) is 0 Å². The van der Waals surface area contributed by atoms with Gasteiger partial charge in [-0.2, -0.15) is 0 Å². The van der Waals surface area contributed by atoms with Gasteiger partial charge in [0.05, 0.1) is 11.6 Å². The Morgan fingerprint density at radius 3 is 2.76 bits per heavy atom. The second kappa shape index (κ2) is 9.09. The number of esters is 1. The zero-order valence-corrected chi connectivity index (χ0v) is 16.8. The predicted octanol–water partition coefficient (Wildman–Crippen LogP) is 4.97. The fourth-order valence-corrected chi connectivity index (χ4v) is 3.23. The standard InChI is InChI=1S/C22H20ClFO5/c1-3-27-21(25)8-7-14-10-15-13(2)9-22(26)29-20(15)11-19(14)28-12-16-17(23)5-4-6-18(16)24/h4-6,9-11H,3,7-8,12H2,1-2H3. The van der Waals surface area contributed by atoms with E-state index in [1.807, 2.05) is 6.07 Å². The van der Waals surface area contributed by atoms with Crippen molar-refractivity contribution in [2.24, 2.45) is 0 Å². The largest absolute Gasteiger partial charge is 0.488 e. The summed E-state index contributed by atoms with van der Waals surface area (Å²) < 4.78 is 30.2. The van der Waals surface area contributed by atoms with Crippen LogP contribution in [0.4, 0.5) is 4.39 Å². The van der Waals surface area contributed by atoms with Crippen LogP contribution in [0.3, 0.4) is 0 Å². The van der Waals surface area contributed by atoms with Crippen LogP contribution in [-0.2, 0) is 22.6 Å². The Bertz CT molecular complexity index is 1090. The molecule has 0 N–H and O–H groups in total. The number of rotatable bonds is 7. The molecular formula is C22H20ClFO5. The van der Waals surface area contributed by atoms with E-state index in [0.717, 1.165) is 16.5 Å². The number of fused-ring (bicyclic) bond motifs is 1. The maximum absolute atomic E-state index is 14.1. The van der Waals surface area contributed by atoms with E-state index < -0.39 is 11.4 Å².